The van der Waals surface area contributed by atoms with E-state index in [0.717, 1.165) is 13.0 Å². The van der Waals surface area contributed by atoms with Crippen LogP contribution in [-0.2, 0) is 6.18 Å². The summed E-state index contributed by atoms with van der Waals surface area (Å²) in [5.41, 5.74) is 5.65. The third-order valence-electron chi connectivity index (χ3n) is 3.93. The molecule has 3 heterocycles. The Kier molecular flexibility index (Phi) is 3.68. The van der Waals surface area contributed by atoms with Gasteiger partial charge in [-0.05, 0) is 24.5 Å². The molecular formula is C15H17F3N4. The van der Waals surface area contributed by atoms with Crippen LogP contribution in [0.2, 0.25) is 0 Å². The second kappa shape index (κ2) is 5.39. The number of nitrogens with two attached hydrogens (primary N) is 1. The zero-order chi connectivity index (χ0) is 15.9. The Balaban J connectivity index is 2.12. The average molecular weight is 310 g/mol. The molecule has 7 heteroatoms. The van der Waals surface area contributed by atoms with Crippen molar-refractivity contribution >= 4 is 16.6 Å². The predicted octanol–water partition coefficient (Wildman–Crippen LogP) is 2.82. The van der Waals surface area contributed by atoms with E-state index < -0.39 is 11.9 Å². The molecular weight excluding hydrogens is 293 g/mol. The highest BCUT2D eigenvalue weighted by molar-refractivity contribution is 5.92. The molecule has 0 saturated carbocycles. The first-order chi connectivity index (χ1) is 10.4. The van der Waals surface area contributed by atoms with E-state index in [1.54, 1.807) is 12.1 Å². The molecule has 2 atom stereocenters. The van der Waals surface area contributed by atoms with Crippen molar-refractivity contribution < 1.29 is 13.2 Å². The van der Waals surface area contributed by atoms with Gasteiger partial charge in [0.2, 0.25) is 0 Å². The zero-order valence-corrected chi connectivity index (χ0v) is 12.1. The summed E-state index contributed by atoms with van der Waals surface area (Å²) in [5, 5.41) is 0.464. The third-order valence-corrected chi connectivity index (χ3v) is 3.93. The normalized spacial score (nSPS) is 23.0. The van der Waals surface area contributed by atoms with Crippen molar-refractivity contribution in [2.75, 3.05) is 18.0 Å². The molecule has 3 rings (SSSR count). The van der Waals surface area contributed by atoms with Crippen molar-refractivity contribution in [3.63, 3.8) is 0 Å². The fourth-order valence-electron chi connectivity index (χ4n) is 3.11. The van der Waals surface area contributed by atoms with Crippen LogP contribution >= 0.6 is 0 Å². The minimum atomic E-state index is -4.52. The van der Waals surface area contributed by atoms with Crippen LogP contribution in [0.1, 0.15) is 19.0 Å². The maximum Gasteiger partial charge on any atom is 0.435 e. The molecule has 0 radical (unpaired) electrons. The quantitative estimate of drug-likeness (QED) is 0.880. The summed E-state index contributed by atoms with van der Waals surface area (Å²) in [4.78, 5) is 9.54. The number of hydrogen-bond acceptors (Lipinski definition) is 4. The van der Waals surface area contributed by atoms with E-state index in [9.17, 15) is 13.2 Å². The Bertz CT molecular complexity index is 676. The van der Waals surface area contributed by atoms with E-state index in [1.807, 2.05) is 4.90 Å². The van der Waals surface area contributed by atoms with Gasteiger partial charge in [0.05, 0.1) is 11.9 Å². The molecule has 0 bridgehead atoms. The fraction of sp³-hybridized carbons (Fsp3) is 0.467. The molecule has 0 amide bonds. The van der Waals surface area contributed by atoms with Crippen LogP contribution in [0.25, 0.3) is 10.9 Å². The second-order valence-corrected chi connectivity index (χ2v) is 5.90. The molecule has 4 nitrogen and oxygen atoms in total. The monoisotopic (exact) mass is 310 g/mol. The average Bonchev–Trinajstić information content (AvgIpc) is 2.44. The number of nitrogens with zero attached hydrogens (tertiary/aromatic N) is 3. The predicted molar refractivity (Wildman–Crippen MR) is 78.5 cm³/mol. The first-order valence-electron chi connectivity index (χ1n) is 7.17. The van der Waals surface area contributed by atoms with E-state index in [4.69, 9.17) is 5.73 Å². The highest BCUT2D eigenvalue weighted by Crippen LogP contribution is 2.36. The van der Waals surface area contributed by atoms with Crippen LogP contribution < -0.4 is 10.6 Å². The highest BCUT2D eigenvalue weighted by atomic mass is 19.4. The van der Waals surface area contributed by atoms with E-state index in [0.29, 0.717) is 23.5 Å². The van der Waals surface area contributed by atoms with Crippen LogP contribution in [0.3, 0.4) is 0 Å². The second-order valence-electron chi connectivity index (χ2n) is 5.90. The molecule has 2 aromatic heterocycles. The van der Waals surface area contributed by atoms with Gasteiger partial charge >= 0.3 is 6.18 Å². The standard InChI is InChI=1S/C15H17F3N4/c1-9-5-10(19)8-22(7-9)12-6-21-14(15(16,17)18)13-11(12)3-2-4-20-13/h2-4,6,9-10H,5,7-8,19H2,1H3/t9-,10+/m1/s1. The lowest BCUT2D eigenvalue weighted by Gasteiger charge is -2.36. The Morgan fingerprint density at radius 1 is 1.27 bits per heavy atom. The van der Waals surface area contributed by atoms with Gasteiger partial charge in [0.25, 0.3) is 0 Å². The SMILES string of the molecule is C[C@@H]1C[C@H](N)CN(c2cnc(C(F)(F)F)c3ncccc23)C1. The summed E-state index contributed by atoms with van der Waals surface area (Å²) < 4.78 is 39.2. The Hall–Kier alpha value is -1.89. The summed E-state index contributed by atoms with van der Waals surface area (Å²) in [7, 11) is 0. The number of halogens is 3. The van der Waals surface area contributed by atoms with Crippen LogP contribution in [0.5, 0.6) is 0 Å². The van der Waals surface area contributed by atoms with Crippen LogP contribution in [-0.4, -0.2) is 29.1 Å². The van der Waals surface area contributed by atoms with Crippen molar-refractivity contribution in [3.05, 3.63) is 30.2 Å². The van der Waals surface area contributed by atoms with Gasteiger partial charge in [0.15, 0.2) is 5.69 Å². The van der Waals surface area contributed by atoms with Gasteiger partial charge in [-0.25, -0.2) is 4.98 Å². The molecule has 0 spiro atoms. The van der Waals surface area contributed by atoms with Crippen molar-refractivity contribution in [1.29, 1.82) is 0 Å². The maximum absolute atomic E-state index is 13.1. The van der Waals surface area contributed by atoms with Gasteiger partial charge in [-0.15, -0.1) is 0 Å². The highest BCUT2D eigenvalue weighted by Gasteiger charge is 2.36. The topological polar surface area (TPSA) is 55.0 Å². The van der Waals surface area contributed by atoms with Gasteiger partial charge in [-0.1, -0.05) is 6.92 Å². The van der Waals surface area contributed by atoms with Crippen molar-refractivity contribution in [2.24, 2.45) is 11.7 Å². The Labute approximate surface area is 126 Å². The lowest BCUT2D eigenvalue weighted by atomic mass is 9.96. The minimum Gasteiger partial charge on any atom is -0.368 e. The Morgan fingerprint density at radius 3 is 2.73 bits per heavy atom. The molecule has 1 aliphatic heterocycles. The van der Waals surface area contributed by atoms with Gasteiger partial charge in [0, 0.05) is 30.7 Å². The van der Waals surface area contributed by atoms with E-state index in [2.05, 4.69) is 16.9 Å². The summed E-state index contributed by atoms with van der Waals surface area (Å²) in [5.74, 6) is 0.387. The minimum absolute atomic E-state index is 0.0118. The van der Waals surface area contributed by atoms with E-state index in [-0.39, 0.29) is 11.6 Å². The van der Waals surface area contributed by atoms with Crippen LogP contribution in [0, 0.1) is 5.92 Å². The zero-order valence-electron chi connectivity index (χ0n) is 12.1. The summed E-state index contributed by atoms with van der Waals surface area (Å²) in [6.07, 6.45) is -0.956. The molecule has 0 aliphatic carbocycles. The van der Waals surface area contributed by atoms with Gasteiger partial charge in [0.1, 0.15) is 5.52 Å². The number of fused-ring (bicyclic) bond motifs is 1. The molecule has 22 heavy (non-hydrogen) atoms. The number of piperidine rings is 1. The first-order valence-corrected chi connectivity index (χ1v) is 7.17. The van der Waals surface area contributed by atoms with Gasteiger partial charge < -0.3 is 10.6 Å². The molecule has 2 aromatic rings. The molecule has 1 fully saturated rings. The molecule has 118 valence electrons. The number of aromatic nitrogens is 2. The lowest BCUT2D eigenvalue weighted by Crippen LogP contribution is -2.46. The molecule has 0 aromatic carbocycles. The maximum atomic E-state index is 13.1. The molecule has 2 N–H and O–H groups in total. The number of anilines is 1. The number of alkyl halides is 3. The van der Waals surface area contributed by atoms with E-state index >= 15 is 0 Å². The van der Waals surface area contributed by atoms with Gasteiger partial charge in [-0.2, -0.15) is 13.2 Å². The lowest BCUT2D eigenvalue weighted by molar-refractivity contribution is -0.139. The number of hydrogen-bond donors (Lipinski definition) is 1. The Morgan fingerprint density at radius 2 is 2.05 bits per heavy atom. The summed E-state index contributed by atoms with van der Waals surface area (Å²) >= 11 is 0. The summed E-state index contributed by atoms with van der Waals surface area (Å²) in [6, 6.07) is 3.30. The van der Waals surface area contributed by atoms with Crippen molar-refractivity contribution in [2.45, 2.75) is 25.6 Å². The number of rotatable bonds is 1. The third kappa shape index (κ3) is 2.72. The smallest absolute Gasteiger partial charge is 0.368 e. The van der Waals surface area contributed by atoms with E-state index in [1.165, 1.54) is 12.4 Å². The molecule has 1 saturated heterocycles. The molecule has 1 aliphatic rings. The van der Waals surface area contributed by atoms with Crippen molar-refractivity contribution in [3.8, 4) is 0 Å². The fourth-order valence-corrected chi connectivity index (χ4v) is 3.11. The number of pyridine rings is 2. The van der Waals surface area contributed by atoms with Crippen LogP contribution in [0.4, 0.5) is 18.9 Å². The largest absolute Gasteiger partial charge is 0.435 e. The summed E-state index contributed by atoms with van der Waals surface area (Å²) in [6.45, 7) is 3.45. The van der Waals surface area contributed by atoms with Crippen molar-refractivity contribution in [1.82, 2.24) is 9.97 Å². The van der Waals surface area contributed by atoms with Crippen LogP contribution in [0.15, 0.2) is 24.5 Å². The first kappa shape index (κ1) is 15.0. The van der Waals surface area contributed by atoms with Gasteiger partial charge in [-0.3, -0.25) is 4.98 Å². The molecule has 0 unspecified atom stereocenters.